The van der Waals surface area contributed by atoms with Crippen molar-refractivity contribution in [2.75, 3.05) is 0 Å². The first-order valence-electron chi connectivity index (χ1n) is 18.4. The summed E-state index contributed by atoms with van der Waals surface area (Å²) in [6, 6.07) is 59.7. The Kier molecular flexibility index (Phi) is 6.44. The van der Waals surface area contributed by atoms with Gasteiger partial charge in [-0.2, -0.15) is 0 Å². The van der Waals surface area contributed by atoms with Gasteiger partial charge in [0, 0.05) is 58.4 Å². The molecule has 0 saturated heterocycles. The topological polar surface area (TPSA) is 56.7 Å². The summed E-state index contributed by atoms with van der Waals surface area (Å²) in [5.41, 5.74) is 7.55. The van der Waals surface area contributed by atoms with Gasteiger partial charge >= 0.3 is 0 Å². The predicted octanol–water partition coefficient (Wildman–Crippen LogP) is 13.4. The molecule has 0 fully saturated rings. The van der Waals surface area contributed by atoms with E-state index < -0.39 is 0 Å². The molecule has 0 amide bonds. The minimum absolute atomic E-state index is 0.574. The maximum Gasteiger partial charge on any atom is 0.166 e. The molecule has 0 aliphatic heterocycles. The van der Waals surface area contributed by atoms with E-state index in [9.17, 15) is 0 Å². The molecule has 6 heteroatoms. The summed E-state index contributed by atoms with van der Waals surface area (Å²) in [7, 11) is 0. The second-order valence-corrected chi connectivity index (χ2v) is 15.1. The van der Waals surface area contributed by atoms with Crippen molar-refractivity contribution in [3.63, 3.8) is 0 Å². The number of furan rings is 1. The summed E-state index contributed by atoms with van der Waals surface area (Å²) in [6.45, 7) is 0. The Hall–Kier alpha value is -7.15. The molecule has 256 valence electrons. The Morgan fingerprint density at radius 2 is 1.09 bits per heavy atom. The van der Waals surface area contributed by atoms with Gasteiger partial charge in [0.25, 0.3) is 0 Å². The van der Waals surface area contributed by atoms with Crippen molar-refractivity contribution in [1.82, 2.24) is 19.5 Å². The average Bonchev–Trinajstić information content (AvgIpc) is 3.91. The molecular formula is C49H28N4OS. The largest absolute Gasteiger partial charge is 0.456 e. The Labute approximate surface area is 318 Å². The van der Waals surface area contributed by atoms with Crippen molar-refractivity contribution in [2.24, 2.45) is 0 Å². The van der Waals surface area contributed by atoms with Crippen LogP contribution in [0.5, 0.6) is 0 Å². The SMILES string of the molecule is c1ccc(-c2nc(-c3cc4oc5ccccc5c4cc3-n3c4ccccc4c4cc5ccccc5cc43)nc(-c3cccc4sc5ccccc5c34)n2)cc1. The number of nitrogens with zero attached hydrogens (tertiary/aromatic N) is 4. The zero-order valence-electron chi connectivity index (χ0n) is 29.3. The number of thiophene rings is 1. The van der Waals surface area contributed by atoms with Gasteiger partial charge in [-0.1, -0.05) is 121 Å². The highest BCUT2D eigenvalue weighted by Crippen LogP contribution is 2.43. The van der Waals surface area contributed by atoms with E-state index in [1.165, 1.54) is 36.3 Å². The highest BCUT2D eigenvalue weighted by atomic mass is 32.1. The molecule has 4 heterocycles. The van der Waals surface area contributed by atoms with Crippen LogP contribution in [0.25, 0.3) is 115 Å². The van der Waals surface area contributed by atoms with Gasteiger partial charge in [0.1, 0.15) is 11.2 Å². The van der Waals surface area contributed by atoms with E-state index in [1.54, 1.807) is 11.3 Å². The van der Waals surface area contributed by atoms with Gasteiger partial charge in [0.05, 0.1) is 16.7 Å². The molecule has 55 heavy (non-hydrogen) atoms. The Balaban J connectivity index is 1.22. The number of hydrogen-bond donors (Lipinski definition) is 0. The second-order valence-electron chi connectivity index (χ2n) is 14.0. The van der Waals surface area contributed by atoms with Crippen LogP contribution in [-0.4, -0.2) is 19.5 Å². The lowest BCUT2D eigenvalue weighted by Gasteiger charge is -2.15. The van der Waals surface area contributed by atoms with E-state index in [-0.39, 0.29) is 0 Å². The van der Waals surface area contributed by atoms with Crippen molar-refractivity contribution < 1.29 is 4.42 Å². The maximum absolute atomic E-state index is 6.57. The molecule has 12 aromatic rings. The van der Waals surface area contributed by atoms with Crippen molar-refractivity contribution >= 4 is 86.0 Å². The minimum atomic E-state index is 0.574. The van der Waals surface area contributed by atoms with E-state index in [2.05, 4.69) is 144 Å². The normalized spacial score (nSPS) is 12.0. The van der Waals surface area contributed by atoms with E-state index in [1.807, 2.05) is 30.3 Å². The molecule has 4 aromatic heterocycles. The molecule has 0 atom stereocenters. The number of hydrogen-bond acceptors (Lipinski definition) is 5. The van der Waals surface area contributed by atoms with Crippen LogP contribution in [0.15, 0.2) is 174 Å². The van der Waals surface area contributed by atoms with Gasteiger partial charge in [-0.05, 0) is 59.3 Å². The quantitative estimate of drug-likeness (QED) is 0.182. The third kappa shape index (κ3) is 4.62. The van der Waals surface area contributed by atoms with Crippen molar-refractivity contribution in [1.29, 1.82) is 0 Å². The molecule has 12 rings (SSSR count). The predicted molar refractivity (Wildman–Crippen MR) is 228 cm³/mol. The first kappa shape index (κ1) is 30.3. The van der Waals surface area contributed by atoms with Crippen LogP contribution in [0.3, 0.4) is 0 Å². The molecule has 0 N–H and O–H groups in total. The van der Waals surface area contributed by atoms with Gasteiger partial charge in [-0.3, -0.25) is 0 Å². The molecule has 0 aliphatic rings. The molecule has 0 radical (unpaired) electrons. The lowest BCUT2D eigenvalue weighted by molar-refractivity contribution is 0.669. The smallest absolute Gasteiger partial charge is 0.166 e. The molecule has 0 bridgehead atoms. The minimum Gasteiger partial charge on any atom is -0.456 e. The monoisotopic (exact) mass is 720 g/mol. The highest BCUT2D eigenvalue weighted by molar-refractivity contribution is 7.25. The number of rotatable bonds is 4. The number of benzene rings is 8. The Bertz CT molecular complexity index is 3500. The first-order chi connectivity index (χ1) is 27.2. The van der Waals surface area contributed by atoms with E-state index in [0.29, 0.717) is 17.5 Å². The Morgan fingerprint density at radius 3 is 1.96 bits per heavy atom. The number of para-hydroxylation sites is 2. The lowest BCUT2D eigenvalue weighted by Crippen LogP contribution is -2.04. The van der Waals surface area contributed by atoms with Crippen LogP contribution in [0, 0.1) is 0 Å². The standard InChI is InChI=1S/C49H28N4OS/c1-2-13-29(14-3-1)47-50-48(35-20-12-24-45-46(35)34-19-8-11-23-44(34)55-45)52-49(51-47)38-28-43-37(33-18-7-10-22-42(33)54-43)27-41(38)53-39-21-9-6-17-32(39)36-25-30-15-4-5-16-31(30)26-40(36)53/h1-28H. The lowest BCUT2D eigenvalue weighted by atomic mass is 10.0. The van der Waals surface area contributed by atoms with Crippen LogP contribution < -0.4 is 0 Å². The zero-order chi connectivity index (χ0) is 36.0. The Morgan fingerprint density at radius 1 is 0.418 bits per heavy atom. The van der Waals surface area contributed by atoms with Crippen LogP contribution in [0.4, 0.5) is 0 Å². The molecule has 0 unspecified atom stereocenters. The summed E-state index contributed by atoms with van der Waals surface area (Å²) in [6.07, 6.45) is 0. The van der Waals surface area contributed by atoms with Crippen molar-refractivity contribution in [3.05, 3.63) is 170 Å². The summed E-state index contributed by atoms with van der Waals surface area (Å²) in [5, 5.41) is 9.21. The first-order valence-corrected chi connectivity index (χ1v) is 19.2. The van der Waals surface area contributed by atoms with Crippen LogP contribution in [0.1, 0.15) is 0 Å². The third-order valence-corrected chi connectivity index (χ3v) is 12.0. The molecule has 0 saturated carbocycles. The summed E-state index contributed by atoms with van der Waals surface area (Å²) < 4.78 is 11.4. The van der Waals surface area contributed by atoms with E-state index >= 15 is 0 Å². The average molecular weight is 721 g/mol. The van der Waals surface area contributed by atoms with E-state index in [0.717, 1.165) is 60.7 Å². The molecule has 0 aliphatic carbocycles. The van der Waals surface area contributed by atoms with Gasteiger partial charge in [0.15, 0.2) is 17.5 Å². The number of aromatic nitrogens is 4. The van der Waals surface area contributed by atoms with Gasteiger partial charge in [0.2, 0.25) is 0 Å². The summed E-state index contributed by atoms with van der Waals surface area (Å²) in [5.74, 6) is 1.81. The maximum atomic E-state index is 6.57. The van der Waals surface area contributed by atoms with Gasteiger partial charge < -0.3 is 8.98 Å². The van der Waals surface area contributed by atoms with Gasteiger partial charge in [-0.15, -0.1) is 11.3 Å². The van der Waals surface area contributed by atoms with Crippen LogP contribution in [0.2, 0.25) is 0 Å². The summed E-state index contributed by atoms with van der Waals surface area (Å²) in [4.78, 5) is 15.9. The molecule has 5 nitrogen and oxygen atoms in total. The van der Waals surface area contributed by atoms with E-state index in [4.69, 9.17) is 19.4 Å². The highest BCUT2D eigenvalue weighted by Gasteiger charge is 2.23. The zero-order valence-corrected chi connectivity index (χ0v) is 30.1. The van der Waals surface area contributed by atoms with Crippen LogP contribution in [-0.2, 0) is 0 Å². The summed E-state index contributed by atoms with van der Waals surface area (Å²) >= 11 is 1.79. The fraction of sp³-hybridized carbons (Fsp3) is 0. The third-order valence-electron chi connectivity index (χ3n) is 10.8. The number of fused-ring (bicyclic) bond motifs is 10. The fourth-order valence-electron chi connectivity index (χ4n) is 8.33. The fourth-order valence-corrected chi connectivity index (χ4v) is 9.47. The van der Waals surface area contributed by atoms with Crippen molar-refractivity contribution in [3.8, 4) is 39.9 Å². The van der Waals surface area contributed by atoms with Crippen molar-refractivity contribution in [2.45, 2.75) is 0 Å². The van der Waals surface area contributed by atoms with Gasteiger partial charge in [-0.25, -0.2) is 15.0 Å². The molecular weight excluding hydrogens is 693 g/mol. The second kappa shape index (κ2) is 11.7. The molecule has 0 spiro atoms. The molecule has 8 aromatic carbocycles. The van der Waals surface area contributed by atoms with Crippen LogP contribution >= 0.6 is 11.3 Å².